The number of hydrogen-bond donors (Lipinski definition) is 0. The summed E-state index contributed by atoms with van der Waals surface area (Å²) in [5.41, 5.74) is 0. The van der Waals surface area contributed by atoms with Gasteiger partial charge in [-0.2, -0.15) is 0 Å². The molecule has 0 unspecified atom stereocenters. The van der Waals surface area contributed by atoms with Crippen LogP contribution >= 0.6 is 11.6 Å². The molecular formula is C8H14ClNO2S. The quantitative estimate of drug-likeness (QED) is 0.517. The molecule has 0 atom stereocenters. The number of rotatable bonds is 3. The Morgan fingerprint density at radius 1 is 1.23 bits per heavy atom. The van der Waals surface area contributed by atoms with Crippen LogP contribution in [0.15, 0.2) is 12.2 Å². The number of halogens is 1. The highest BCUT2D eigenvalue weighted by Gasteiger charge is 2.20. The van der Waals surface area contributed by atoms with Crippen molar-refractivity contribution in [2.24, 2.45) is 0 Å². The molecule has 0 bridgehead atoms. The minimum absolute atomic E-state index is 0.293. The van der Waals surface area contributed by atoms with Crippen molar-refractivity contribution in [2.75, 3.05) is 37.0 Å². The molecule has 0 spiro atoms. The van der Waals surface area contributed by atoms with Gasteiger partial charge in [-0.05, 0) is 0 Å². The van der Waals surface area contributed by atoms with E-state index in [9.17, 15) is 8.42 Å². The third-order valence-electron chi connectivity index (χ3n) is 2.06. The van der Waals surface area contributed by atoms with E-state index in [4.69, 9.17) is 11.6 Å². The first-order valence-corrected chi connectivity index (χ1v) is 6.63. The van der Waals surface area contributed by atoms with E-state index in [-0.39, 0.29) is 0 Å². The SMILES string of the molecule is O=S1(=O)CCN(CC=CCCl)CC1. The molecule has 0 aromatic carbocycles. The van der Waals surface area contributed by atoms with Gasteiger partial charge >= 0.3 is 0 Å². The van der Waals surface area contributed by atoms with Gasteiger partial charge in [-0.25, -0.2) is 8.42 Å². The Labute approximate surface area is 84.3 Å². The van der Waals surface area contributed by atoms with Crippen molar-refractivity contribution in [3.05, 3.63) is 12.2 Å². The second-order valence-electron chi connectivity index (χ2n) is 3.08. The predicted molar refractivity (Wildman–Crippen MR) is 55.0 cm³/mol. The number of hydrogen-bond acceptors (Lipinski definition) is 3. The van der Waals surface area contributed by atoms with Crippen LogP contribution in [0.25, 0.3) is 0 Å². The van der Waals surface area contributed by atoms with E-state index in [0.29, 0.717) is 30.5 Å². The van der Waals surface area contributed by atoms with Gasteiger partial charge < -0.3 is 0 Å². The molecule has 0 aliphatic carbocycles. The van der Waals surface area contributed by atoms with Gasteiger partial charge in [0.25, 0.3) is 0 Å². The molecule has 13 heavy (non-hydrogen) atoms. The van der Waals surface area contributed by atoms with Crippen molar-refractivity contribution in [3.63, 3.8) is 0 Å². The largest absolute Gasteiger partial charge is 0.298 e. The van der Waals surface area contributed by atoms with Gasteiger partial charge in [-0.1, -0.05) is 12.2 Å². The molecular weight excluding hydrogens is 210 g/mol. The first-order chi connectivity index (χ1) is 6.14. The number of sulfone groups is 1. The van der Waals surface area contributed by atoms with Gasteiger partial charge in [0.2, 0.25) is 0 Å². The lowest BCUT2D eigenvalue weighted by atomic mass is 10.4. The lowest BCUT2D eigenvalue weighted by Gasteiger charge is -2.24. The molecule has 5 heteroatoms. The molecule has 1 rings (SSSR count). The van der Waals surface area contributed by atoms with Crippen LogP contribution in [0.2, 0.25) is 0 Å². The normalized spacial score (nSPS) is 23.8. The Hall–Kier alpha value is -0.0600. The molecule has 1 heterocycles. The Morgan fingerprint density at radius 2 is 1.85 bits per heavy atom. The van der Waals surface area contributed by atoms with E-state index in [1.54, 1.807) is 0 Å². The molecule has 0 aromatic rings. The van der Waals surface area contributed by atoms with Crippen LogP contribution in [-0.4, -0.2) is 50.3 Å². The molecule has 0 N–H and O–H groups in total. The van der Waals surface area contributed by atoms with Crippen LogP contribution < -0.4 is 0 Å². The zero-order chi connectivity index (χ0) is 9.73. The van der Waals surface area contributed by atoms with Gasteiger partial charge in [-0.3, -0.25) is 4.90 Å². The molecule has 0 saturated carbocycles. The Kier molecular flexibility index (Phi) is 4.22. The van der Waals surface area contributed by atoms with Gasteiger partial charge in [0.1, 0.15) is 0 Å². The first kappa shape index (κ1) is 11.0. The summed E-state index contributed by atoms with van der Waals surface area (Å²) >= 11 is 5.46. The van der Waals surface area contributed by atoms with Gasteiger partial charge in [0, 0.05) is 25.5 Å². The van der Waals surface area contributed by atoms with Gasteiger partial charge in [0.15, 0.2) is 9.84 Å². The average Bonchev–Trinajstić information content (AvgIpc) is 2.08. The molecule has 3 nitrogen and oxygen atoms in total. The standard InChI is InChI=1S/C8H14ClNO2S/c9-3-1-2-4-10-5-7-13(11,12)8-6-10/h1-2H,3-8H2. The smallest absolute Gasteiger partial charge is 0.152 e. The van der Waals surface area contributed by atoms with Crippen molar-refractivity contribution in [3.8, 4) is 0 Å². The van der Waals surface area contributed by atoms with Crippen LogP contribution in [-0.2, 0) is 9.84 Å². The van der Waals surface area contributed by atoms with E-state index in [0.717, 1.165) is 6.54 Å². The molecule has 0 radical (unpaired) electrons. The lowest BCUT2D eigenvalue weighted by molar-refractivity contribution is 0.327. The maximum atomic E-state index is 11.1. The molecule has 76 valence electrons. The Morgan fingerprint density at radius 3 is 2.38 bits per heavy atom. The second-order valence-corrected chi connectivity index (χ2v) is 5.69. The molecule has 1 saturated heterocycles. The fourth-order valence-electron chi connectivity index (χ4n) is 1.22. The monoisotopic (exact) mass is 223 g/mol. The average molecular weight is 224 g/mol. The molecule has 1 fully saturated rings. The van der Waals surface area contributed by atoms with Crippen LogP contribution in [0, 0.1) is 0 Å². The van der Waals surface area contributed by atoms with Crippen LogP contribution in [0.1, 0.15) is 0 Å². The topological polar surface area (TPSA) is 37.4 Å². The van der Waals surface area contributed by atoms with E-state index < -0.39 is 9.84 Å². The number of alkyl halides is 1. The third kappa shape index (κ3) is 4.11. The molecule has 0 aromatic heterocycles. The summed E-state index contributed by atoms with van der Waals surface area (Å²) in [6.45, 7) is 2.10. The summed E-state index contributed by atoms with van der Waals surface area (Å²) < 4.78 is 22.1. The van der Waals surface area contributed by atoms with E-state index in [1.165, 1.54) is 0 Å². The Bertz CT molecular complexity index is 260. The van der Waals surface area contributed by atoms with E-state index in [2.05, 4.69) is 4.90 Å². The fraction of sp³-hybridized carbons (Fsp3) is 0.750. The minimum Gasteiger partial charge on any atom is -0.298 e. The molecule has 0 amide bonds. The highest BCUT2D eigenvalue weighted by molar-refractivity contribution is 7.91. The maximum Gasteiger partial charge on any atom is 0.152 e. The van der Waals surface area contributed by atoms with Crippen molar-refractivity contribution in [1.29, 1.82) is 0 Å². The van der Waals surface area contributed by atoms with Gasteiger partial charge in [0.05, 0.1) is 11.5 Å². The van der Waals surface area contributed by atoms with Gasteiger partial charge in [-0.15, -0.1) is 11.6 Å². The fourth-order valence-corrected chi connectivity index (χ4v) is 2.62. The summed E-state index contributed by atoms with van der Waals surface area (Å²) in [4.78, 5) is 2.12. The highest BCUT2D eigenvalue weighted by Crippen LogP contribution is 2.03. The summed E-state index contributed by atoms with van der Waals surface area (Å²) in [7, 11) is -2.74. The highest BCUT2D eigenvalue weighted by atomic mass is 35.5. The van der Waals surface area contributed by atoms with Crippen molar-refractivity contribution >= 4 is 21.4 Å². The molecule has 1 aliphatic rings. The summed E-state index contributed by atoms with van der Waals surface area (Å²) in [6.07, 6.45) is 3.86. The van der Waals surface area contributed by atoms with Crippen LogP contribution in [0.5, 0.6) is 0 Å². The second kappa shape index (κ2) is 4.98. The van der Waals surface area contributed by atoms with Crippen molar-refractivity contribution < 1.29 is 8.42 Å². The summed E-state index contributed by atoms with van der Waals surface area (Å²) in [5, 5.41) is 0. The zero-order valence-electron chi connectivity index (χ0n) is 7.45. The zero-order valence-corrected chi connectivity index (χ0v) is 9.02. The molecule has 1 aliphatic heterocycles. The maximum absolute atomic E-state index is 11.1. The first-order valence-electron chi connectivity index (χ1n) is 4.28. The third-order valence-corrected chi connectivity index (χ3v) is 3.84. The van der Waals surface area contributed by atoms with Crippen LogP contribution in [0.3, 0.4) is 0 Å². The summed E-state index contributed by atoms with van der Waals surface area (Å²) in [6, 6.07) is 0. The summed E-state index contributed by atoms with van der Waals surface area (Å²) in [5.74, 6) is 1.11. The minimum atomic E-state index is -2.74. The Balaban J connectivity index is 2.29. The number of nitrogens with zero attached hydrogens (tertiary/aromatic N) is 1. The van der Waals surface area contributed by atoms with Crippen molar-refractivity contribution in [2.45, 2.75) is 0 Å². The predicted octanol–water partition coefficient (Wildman–Crippen LogP) is 0.512. The van der Waals surface area contributed by atoms with Crippen LogP contribution in [0.4, 0.5) is 0 Å². The van der Waals surface area contributed by atoms with E-state index >= 15 is 0 Å². The van der Waals surface area contributed by atoms with E-state index in [1.807, 2.05) is 12.2 Å². The number of allylic oxidation sites excluding steroid dienone is 1. The lowest BCUT2D eigenvalue weighted by Crippen LogP contribution is -2.40. The van der Waals surface area contributed by atoms with Crippen molar-refractivity contribution in [1.82, 2.24) is 4.90 Å².